The van der Waals surface area contributed by atoms with Crippen LogP contribution in [0.4, 0.5) is 5.82 Å². The van der Waals surface area contributed by atoms with Gasteiger partial charge in [0.2, 0.25) is 0 Å². The second-order valence-electron chi connectivity index (χ2n) is 6.28. The number of anilines is 1. The number of fused-ring (bicyclic) bond motifs is 1. The molecule has 4 heterocycles. The van der Waals surface area contributed by atoms with Crippen molar-refractivity contribution >= 4 is 56.0 Å². The minimum absolute atomic E-state index is 0.0282. The van der Waals surface area contributed by atoms with Gasteiger partial charge in [-0.1, -0.05) is 6.07 Å². The predicted octanol–water partition coefficient (Wildman–Crippen LogP) is 4.66. The van der Waals surface area contributed by atoms with E-state index >= 15 is 0 Å². The second-order valence-corrected chi connectivity index (χ2v) is 9.24. The lowest BCUT2D eigenvalue weighted by molar-refractivity contribution is 0.0958. The summed E-state index contributed by atoms with van der Waals surface area (Å²) in [5, 5.41) is 12.3. The molecule has 0 aliphatic heterocycles. The van der Waals surface area contributed by atoms with Crippen LogP contribution >= 0.6 is 34.0 Å². The third-order valence-electron chi connectivity index (χ3n) is 4.35. The molecule has 4 rings (SSSR count). The van der Waals surface area contributed by atoms with E-state index in [0.29, 0.717) is 11.4 Å². The van der Waals surface area contributed by atoms with Gasteiger partial charge in [-0.05, 0) is 37.3 Å². The number of hydrogen-bond acceptors (Lipinski definition) is 8. The van der Waals surface area contributed by atoms with Gasteiger partial charge in [0, 0.05) is 23.0 Å². The van der Waals surface area contributed by atoms with Crippen molar-refractivity contribution in [1.29, 1.82) is 0 Å². The summed E-state index contributed by atoms with van der Waals surface area (Å²) in [6, 6.07) is 4.14. The fourth-order valence-electron chi connectivity index (χ4n) is 2.95. The Balaban J connectivity index is 1.53. The molecule has 6 nitrogen and oxygen atoms in total. The van der Waals surface area contributed by atoms with Crippen molar-refractivity contribution in [3.05, 3.63) is 55.7 Å². The highest BCUT2D eigenvalue weighted by Gasteiger charge is 2.20. The fourth-order valence-corrected chi connectivity index (χ4v) is 5.37. The number of hydrogen-bond donors (Lipinski definition) is 2. The molecule has 0 spiro atoms. The van der Waals surface area contributed by atoms with Gasteiger partial charge in [0.1, 0.15) is 22.0 Å². The van der Waals surface area contributed by atoms with Crippen LogP contribution in [-0.4, -0.2) is 27.4 Å². The van der Waals surface area contributed by atoms with Crippen molar-refractivity contribution in [2.45, 2.75) is 26.3 Å². The van der Waals surface area contributed by atoms with Gasteiger partial charge in [0.15, 0.2) is 0 Å². The topological polar surface area (TPSA) is 79.8 Å². The maximum absolute atomic E-state index is 12.7. The zero-order valence-electron chi connectivity index (χ0n) is 15.4. The van der Waals surface area contributed by atoms with Gasteiger partial charge in [0.05, 0.1) is 16.3 Å². The van der Waals surface area contributed by atoms with E-state index in [2.05, 4.69) is 31.7 Å². The van der Waals surface area contributed by atoms with Gasteiger partial charge in [-0.2, -0.15) is 0 Å². The number of aryl methyl sites for hydroxylation is 1. The lowest BCUT2D eigenvalue weighted by atomic mass is 10.2. The Kier molecular flexibility index (Phi) is 5.65. The second kappa shape index (κ2) is 8.34. The molecule has 28 heavy (non-hydrogen) atoms. The van der Waals surface area contributed by atoms with Gasteiger partial charge >= 0.3 is 0 Å². The van der Waals surface area contributed by atoms with Crippen molar-refractivity contribution in [2.24, 2.45) is 0 Å². The number of thiophene rings is 2. The lowest BCUT2D eigenvalue weighted by Gasteiger charge is -2.12. The number of amides is 1. The number of nitrogens with zero attached hydrogens (tertiary/aromatic N) is 3. The molecule has 4 aromatic heterocycles. The zero-order valence-corrected chi connectivity index (χ0v) is 17.9. The monoisotopic (exact) mass is 429 g/mol. The minimum atomic E-state index is -0.0593. The molecule has 2 N–H and O–H groups in total. The van der Waals surface area contributed by atoms with E-state index < -0.39 is 0 Å². The molecule has 0 bridgehead atoms. The van der Waals surface area contributed by atoms with Gasteiger partial charge in [0.25, 0.3) is 5.91 Å². The van der Waals surface area contributed by atoms with Crippen LogP contribution < -0.4 is 10.6 Å². The van der Waals surface area contributed by atoms with Crippen LogP contribution in [0.15, 0.2) is 35.4 Å². The van der Waals surface area contributed by atoms with Crippen LogP contribution in [0.1, 0.15) is 38.1 Å². The summed E-state index contributed by atoms with van der Waals surface area (Å²) < 4.78 is 0. The molecule has 0 saturated heterocycles. The van der Waals surface area contributed by atoms with E-state index in [0.717, 1.165) is 33.0 Å². The molecule has 1 amide bonds. The molecular formula is C19H19N5OS3. The average Bonchev–Trinajstić information content (AvgIpc) is 3.43. The minimum Gasteiger partial charge on any atom is -0.360 e. The molecule has 1 atom stereocenters. The number of carbonyl (C=O) groups excluding carboxylic acids is 1. The van der Waals surface area contributed by atoms with Crippen LogP contribution in [0.3, 0.4) is 0 Å². The third kappa shape index (κ3) is 3.91. The summed E-state index contributed by atoms with van der Waals surface area (Å²) in [6.45, 7) is 4.62. The average molecular weight is 430 g/mol. The molecule has 0 aromatic carbocycles. The van der Waals surface area contributed by atoms with E-state index in [-0.39, 0.29) is 11.9 Å². The number of thiazole rings is 1. The molecular weight excluding hydrogens is 410 g/mol. The van der Waals surface area contributed by atoms with E-state index in [9.17, 15) is 4.79 Å². The van der Waals surface area contributed by atoms with Crippen LogP contribution in [-0.2, 0) is 6.42 Å². The summed E-state index contributed by atoms with van der Waals surface area (Å²) in [7, 11) is 0. The third-order valence-corrected chi connectivity index (χ3v) is 7.44. The molecule has 0 radical (unpaired) electrons. The van der Waals surface area contributed by atoms with Crippen molar-refractivity contribution in [1.82, 2.24) is 20.3 Å². The summed E-state index contributed by atoms with van der Waals surface area (Å²) in [6.07, 6.45) is 4.17. The highest BCUT2D eigenvalue weighted by molar-refractivity contribution is 7.20. The first-order chi connectivity index (χ1) is 13.6. The number of nitrogens with one attached hydrogen (secondary N) is 2. The standard InChI is InChI=1S/C19H19N5OS3/c1-11-14-16(24-12(2)18-21-7-9-27-18)22-10-23-19(14)28-15(11)17(25)20-6-5-13-4-3-8-26-13/h3-4,7-10,12H,5-6H2,1-2H3,(H,20,25)(H,22,23,24)/t12-/m1/s1. The molecule has 0 saturated carbocycles. The maximum Gasteiger partial charge on any atom is 0.261 e. The number of carbonyl (C=O) groups is 1. The molecule has 144 valence electrons. The van der Waals surface area contributed by atoms with Crippen molar-refractivity contribution in [3.8, 4) is 0 Å². The van der Waals surface area contributed by atoms with Gasteiger partial charge in [-0.15, -0.1) is 34.0 Å². The smallest absolute Gasteiger partial charge is 0.261 e. The van der Waals surface area contributed by atoms with Gasteiger partial charge < -0.3 is 10.6 Å². The van der Waals surface area contributed by atoms with Crippen LogP contribution in [0, 0.1) is 6.92 Å². The maximum atomic E-state index is 12.7. The molecule has 0 aliphatic rings. The van der Waals surface area contributed by atoms with E-state index in [1.54, 1.807) is 28.9 Å². The Morgan fingerprint density at radius 1 is 1.21 bits per heavy atom. The fraction of sp³-hybridized carbons (Fsp3) is 0.263. The van der Waals surface area contributed by atoms with E-state index in [1.165, 1.54) is 22.5 Å². The van der Waals surface area contributed by atoms with Crippen molar-refractivity contribution in [2.75, 3.05) is 11.9 Å². The number of rotatable bonds is 7. The molecule has 9 heteroatoms. The highest BCUT2D eigenvalue weighted by Crippen LogP contribution is 2.34. The zero-order chi connectivity index (χ0) is 19.5. The Morgan fingerprint density at radius 2 is 2.11 bits per heavy atom. The largest absolute Gasteiger partial charge is 0.360 e. The molecule has 4 aromatic rings. The predicted molar refractivity (Wildman–Crippen MR) is 117 cm³/mol. The quantitative estimate of drug-likeness (QED) is 0.446. The highest BCUT2D eigenvalue weighted by atomic mass is 32.1. The van der Waals surface area contributed by atoms with Crippen molar-refractivity contribution in [3.63, 3.8) is 0 Å². The molecule has 0 aliphatic carbocycles. The normalized spacial score (nSPS) is 12.2. The summed E-state index contributed by atoms with van der Waals surface area (Å²) in [5.41, 5.74) is 0.906. The Labute approximate surface area is 174 Å². The van der Waals surface area contributed by atoms with Gasteiger partial charge in [-0.3, -0.25) is 4.79 Å². The Morgan fingerprint density at radius 3 is 2.86 bits per heavy atom. The first kappa shape index (κ1) is 19.0. The summed E-state index contributed by atoms with van der Waals surface area (Å²) >= 11 is 4.71. The van der Waals surface area contributed by atoms with Crippen LogP contribution in [0.25, 0.3) is 10.2 Å². The van der Waals surface area contributed by atoms with E-state index in [4.69, 9.17) is 0 Å². The SMILES string of the molecule is Cc1c(C(=O)NCCc2cccs2)sc2ncnc(N[C@H](C)c3nccs3)c12. The molecule has 0 fully saturated rings. The van der Waals surface area contributed by atoms with Crippen LogP contribution in [0.2, 0.25) is 0 Å². The number of aromatic nitrogens is 3. The Hall–Kier alpha value is -2.36. The summed E-state index contributed by atoms with van der Waals surface area (Å²) in [5.74, 6) is 0.676. The molecule has 0 unspecified atom stereocenters. The van der Waals surface area contributed by atoms with Crippen molar-refractivity contribution < 1.29 is 4.79 Å². The lowest BCUT2D eigenvalue weighted by Crippen LogP contribution is -2.25. The van der Waals surface area contributed by atoms with Crippen LogP contribution in [0.5, 0.6) is 0 Å². The summed E-state index contributed by atoms with van der Waals surface area (Å²) in [4.78, 5) is 28.6. The van der Waals surface area contributed by atoms with E-state index in [1.807, 2.05) is 30.7 Å². The first-order valence-corrected chi connectivity index (χ1v) is 11.4. The Bertz CT molecular complexity index is 1070. The van der Waals surface area contributed by atoms with Gasteiger partial charge in [-0.25, -0.2) is 15.0 Å². The first-order valence-electron chi connectivity index (χ1n) is 8.84.